The van der Waals surface area contributed by atoms with Gasteiger partial charge < -0.3 is 30.9 Å². The predicted molar refractivity (Wildman–Crippen MR) is 43.0 cm³/mol. The van der Waals surface area contributed by atoms with Crippen LogP contribution < -0.4 is 5.73 Å². The van der Waals surface area contributed by atoms with Gasteiger partial charge in [0, 0.05) is 0 Å². The van der Waals surface area contributed by atoms with E-state index in [1.54, 1.807) is 0 Å². The molecule has 6 N–H and O–H groups in total. The Morgan fingerprint density at radius 2 is 1.79 bits per heavy atom. The zero-order chi connectivity index (χ0) is 10.9. The number of primary amides is 1. The van der Waals surface area contributed by atoms with E-state index in [0.717, 1.165) is 0 Å². The Morgan fingerprint density at radius 1 is 1.21 bits per heavy atom. The van der Waals surface area contributed by atoms with E-state index in [9.17, 15) is 20.1 Å². The lowest BCUT2D eigenvalue weighted by Crippen LogP contribution is -2.61. The molecule has 5 atom stereocenters. The van der Waals surface area contributed by atoms with Gasteiger partial charge in [0.2, 0.25) is 5.91 Å². The first-order chi connectivity index (χ1) is 6.49. The smallest absolute Gasteiger partial charge is 0.249 e. The summed E-state index contributed by atoms with van der Waals surface area (Å²) in [5.41, 5.74) is 4.88. The number of hydrogen-bond donors (Lipinski definition) is 5. The van der Waals surface area contributed by atoms with Gasteiger partial charge >= 0.3 is 0 Å². The van der Waals surface area contributed by atoms with Crippen molar-refractivity contribution in [2.45, 2.75) is 30.5 Å². The average molecular weight is 207 g/mol. The van der Waals surface area contributed by atoms with Crippen molar-refractivity contribution in [3.63, 3.8) is 0 Å². The van der Waals surface area contributed by atoms with Gasteiger partial charge in [0.15, 0.2) is 6.10 Å². The Kier molecular flexibility index (Phi) is 3.40. The van der Waals surface area contributed by atoms with Crippen molar-refractivity contribution in [1.29, 1.82) is 0 Å². The number of aliphatic hydroxyl groups is 4. The molecular weight excluding hydrogens is 194 g/mol. The molecule has 14 heavy (non-hydrogen) atoms. The molecule has 0 saturated carbocycles. The molecule has 1 amide bonds. The molecule has 1 saturated heterocycles. The molecule has 1 rings (SSSR count). The molecular formula is C7H13NO6. The molecule has 1 heterocycles. The Bertz CT molecular complexity index is 220. The van der Waals surface area contributed by atoms with Crippen LogP contribution in [-0.4, -0.2) is 63.5 Å². The fraction of sp³-hybridized carbons (Fsp3) is 0.857. The minimum absolute atomic E-state index is 0.575. The van der Waals surface area contributed by atoms with Crippen LogP contribution in [0.4, 0.5) is 0 Å². The fourth-order valence-corrected chi connectivity index (χ4v) is 1.34. The molecule has 1 aliphatic rings. The highest BCUT2D eigenvalue weighted by atomic mass is 16.5. The number of rotatable bonds is 2. The van der Waals surface area contributed by atoms with Gasteiger partial charge in [-0.25, -0.2) is 0 Å². The SMILES string of the molecule is NC(=O)[C@@H]1O[C@H](CO)[C@@H](O)[C@H](O)[C@@H]1O. The van der Waals surface area contributed by atoms with E-state index in [1.165, 1.54) is 0 Å². The summed E-state index contributed by atoms with van der Waals surface area (Å²) >= 11 is 0. The van der Waals surface area contributed by atoms with Crippen molar-refractivity contribution in [1.82, 2.24) is 0 Å². The van der Waals surface area contributed by atoms with E-state index < -0.39 is 43.0 Å². The second-order valence-electron chi connectivity index (χ2n) is 3.15. The van der Waals surface area contributed by atoms with Crippen LogP contribution in [0, 0.1) is 0 Å². The number of aliphatic hydroxyl groups excluding tert-OH is 4. The summed E-state index contributed by atoms with van der Waals surface area (Å²) in [5, 5.41) is 36.5. The van der Waals surface area contributed by atoms with Crippen molar-refractivity contribution < 1.29 is 30.0 Å². The standard InChI is InChI=1S/C7H13NO6/c8-7(13)6-5(12)4(11)3(10)2(1-9)14-6/h2-6,9-12H,1H2,(H2,8,13)/t2-,3-,4+,5+,6-/m1/s1. The highest BCUT2D eigenvalue weighted by molar-refractivity contribution is 5.79. The lowest BCUT2D eigenvalue weighted by atomic mass is 9.95. The van der Waals surface area contributed by atoms with E-state index in [0.29, 0.717) is 0 Å². The number of hydrogen-bond acceptors (Lipinski definition) is 6. The summed E-state index contributed by atoms with van der Waals surface area (Å²) in [6.07, 6.45) is -7.11. The van der Waals surface area contributed by atoms with E-state index in [-0.39, 0.29) is 0 Å². The van der Waals surface area contributed by atoms with Crippen LogP contribution in [0.3, 0.4) is 0 Å². The molecule has 82 valence electrons. The maximum absolute atomic E-state index is 10.7. The Hall–Kier alpha value is -0.730. The lowest BCUT2D eigenvalue weighted by Gasteiger charge is -2.38. The first-order valence-electron chi connectivity index (χ1n) is 4.09. The molecule has 7 nitrogen and oxygen atoms in total. The molecule has 0 spiro atoms. The van der Waals surface area contributed by atoms with Crippen LogP contribution in [0.1, 0.15) is 0 Å². The molecule has 7 heteroatoms. The number of carbonyl (C=O) groups excluding carboxylic acids is 1. The van der Waals surface area contributed by atoms with Gasteiger partial charge in [-0.1, -0.05) is 0 Å². The van der Waals surface area contributed by atoms with E-state index in [1.807, 2.05) is 0 Å². The Balaban J connectivity index is 2.78. The highest BCUT2D eigenvalue weighted by Gasteiger charge is 2.45. The lowest BCUT2D eigenvalue weighted by molar-refractivity contribution is -0.225. The Morgan fingerprint density at radius 3 is 2.21 bits per heavy atom. The summed E-state index contributed by atoms with van der Waals surface area (Å²) < 4.78 is 4.81. The van der Waals surface area contributed by atoms with Crippen LogP contribution in [0.2, 0.25) is 0 Å². The quantitative estimate of drug-likeness (QED) is 0.316. The van der Waals surface area contributed by atoms with Crippen molar-refractivity contribution in [2.75, 3.05) is 6.61 Å². The normalized spacial score (nSPS) is 43.6. The van der Waals surface area contributed by atoms with Crippen LogP contribution in [0.5, 0.6) is 0 Å². The second kappa shape index (κ2) is 4.20. The molecule has 1 aliphatic heterocycles. The monoisotopic (exact) mass is 207 g/mol. The van der Waals surface area contributed by atoms with Gasteiger partial charge in [0.05, 0.1) is 6.61 Å². The highest BCUT2D eigenvalue weighted by Crippen LogP contribution is 2.20. The number of ether oxygens (including phenoxy) is 1. The van der Waals surface area contributed by atoms with E-state index in [4.69, 9.17) is 15.6 Å². The first kappa shape index (κ1) is 11.3. The van der Waals surface area contributed by atoms with Crippen molar-refractivity contribution in [3.8, 4) is 0 Å². The minimum atomic E-state index is -1.58. The number of nitrogens with two attached hydrogens (primary N) is 1. The van der Waals surface area contributed by atoms with Crippen LogP contribution >= 0.6 is 0 Å². The summed E-state index contributed by atoms with van der Waals surface area (Å²) in [6, 6.07) is 0. The van der Waals surface area contributed by atoms with Crippen molar-refractivity contribution in [3.05, 3.63) is 0 Å². The fourth-order valence-electron chi connectivity index (χ4n) is 1.34. The molecule has 0 bridgehead atoms. The molecule has 0 aromatic carbocycles. The number of amides is 1. The molecule has 0 unspecified atom stereocenters. The predicted octanol–water partition coefficient (Wildman–Crippen LogP) is -3.69. The summed E-state index contributed by atoms with van der Waals surface area (Å²) in [7, 11) is 0. The Labute approximate surface area is 79.7 Å². The largest absolute Gasteiger partial charge is 0.394 e. The van der Waals surface area contributed by atoms with Crippen LogP contribution in [0.15, 0.2) is 0 Å². The van der Waals surface area contributed by atoms with Gasteiger partial charge in [0.1, 0.15) is 24.4 Å². The maximum Gasteiger partial charge on any atom is 0.249 e. The maximum atomic E-state index is 10.7. The van der Waals surface area contributed by atoms with Gasteiger partial charge in [-0.2, -0.15) is 0 Å². The zero-order valence-corrected chi connectivity index (χ0v) is 7.28. The average Bonchev–Trinajstić information content (AvgIpc) is 2.14. The third kappa shape index (κ3) is 1.86. The van der Waals surface area contributed by atoms with Crippen molar-refractivity contribution >= 4 is 5.91 Å². The second-order valence-corrected chi connectivity index (χ2v) is 3.15. The molecule has 0 aromatic heterocycles. The van der Waals surface area contributed by atoms with Crippen molar-refractivity contribution in [2.24, 2.45) is 5.73 Å². The molecule has 0 aromatic rings. The van der Waals surface area contributed by atoms with Gasteiger partial charge in [-0.05, 0) is 0 Å². The van der Waals surface area contributed by atoms with E-state index >= 15 is 0 Å². The van der Waals surface area contributed by atoms with Gasteiger partial charge in [-0.15, -0.1) is 0 Å². The summed E-state index contributed by atoms with van der Waals surface area (Å²) in [4.78, 5) is 10.7. The van der Waals surface area contributed by atoms with Gasteiger partial charge in [0.25, 0.3) is 0 Å². The van der Waals surface area contributed by atoms with Gasteiger partial charge in [-0.3, -0.25) is 4.79 Å². The third-order valence-corrected chi connectivity index (χ3v) is 2.17. The molecule has 0 aliphatic carbocycles. The van der Waals surface area contributed by atoms with Crippen LogP contribution in [0.25, 0.3) is 0 Å². The van der Waals surface area contributed by atoms with E-state index in [2.05, 4.69) is 0 Å². The number of carbonyl (C=O) groups is 1. The zero-order valence-electron chi connectivity index (χ0n) is 7.28. The molecule has 1 fully saturated rings. The summed E-state index contributed by atoms with van der Waals surface area (Å²) in [6.45, 7) is -0.575. The van der Waals surface area contributed by atoms with Crippen LogP contribution in [-0.2, 0) is 9.53 Å². The summed E-state index contributed by atoms with van der Waals surface area (Å²) in [5.74, 6) is -0.957. The molecule has 0 radical (unpaired) electrons. The first-order valence-corrected chi connectivity index (χ1v) is 4.09. The third-order valence-electron chi connectivity index (χ3n) is 2.17. The minimum Gasteiger partial charge on any atom is -0.394 e. The topological polar surface area (TPSA) is 133 Å².